The van der Waals surface area contributed by atoms with Crippen molar-refractivity contribution in [3.8, 4) is 5.75 Å². The summed E-state index contributed by atoms with van der Waals surface area (Å²) < 4.78 is 55.3. The van der Waals surface area contributed by atoms with Crippen molar-refractivity contribution in [1.82, 2.24) is 0 Å². The molecule has 0 saturated heterocycles. The number of rotatable bonds is 1. The average Bonchev–Trinajstić information content (AvgIpc) is 2.25. The maximum atomic E-state index is 12.9. The van der Waals surface area contributed by atoms with Crippen molar-refractivity contribution in [1.29, 1.82) is 0 Å². The lowest BCUT2D eigenvalue weighted by Crippen LogP contribution is -2.40. The fourth-order valence-corrected chi connectivity index (χ4v) is 1.59. The minimum atomic E-state index is -4.85. The molecule has 1 aromatic carbocycles. The maximum absolute atomic E-state index is 12.9. The van der Waals surface area contributed by atoms with Gasteiger partial charge in [0.2, 0.25) is 6.10 Å². The highest BCUT2D eigenvalue weighted by molar-refractivity contribution is 5.95. The molecule has 18 heavy (non-hydrogen) atoms. The standard InChI is InChI=1S/C11H6F4O3/c12-6-1-2-8-5(3-6)4-7(10(16)17)9(18-8)11(13,14)15/h1-4,9H,(H,16,17)/t9-/m1/s1. The molecule has 0 bridgehead atoms. The van der Waals surface area contributed by atoms with E-state index in [4.69, 9.17) is 5.11 Å². The monoisotopic (exact) mass is 262 g/mol. The van der Waals surface area contributed by atoms with Crippen LogP contribution >= 0.6 is 0 Å². The van der Waals surface area contributed by atoms with Gasteiger partial charge in [-0.25, -0.2) is 9.18 Å². The zero-order valence-electron chi connectivity index (χ0n) is 8.66. The molecule has 0 saturated carbocycles. The quantitative estimate of drug-likeness (QED) is 0.791. The molecule has 0 radical (unpaired) electrons. The van der Waals surface area contributed by atoms with Gasteiger partial charge in [0.1, 0.15) is 11.6 Å². The number of carboxylic acid groups (broad SMARTS) is 1. The lowest BCUT2D eigenvalue weighted by Gasteiger charge is -2.26. The minimum Gasteiger partial charge on any atom is -0.478 e. The summed E-state index contributed by atoms with van der Waals surface area (Å²) in [4.78, 5) is 10.8. The van der Waals surface area contributed by atoms with Gasteiger partial charge in [0.25, 0.3) is 0 Å². The zero-order valence-corrected chi connectivity index (χ0v) is 8.66. The van der Waals surface area contributed by atoms with Crippen LogP contribution < -0.4 is 4.74 Å². The Labute approximate surface area is 98.3 Å². The molecule has 1 aromatic rings. The molecule has 1 aliphatic rings. The number of benzene rings is 1. The van der Waals surface area contributed by atoms with E-state index in [0.717, 1.165) is 24.3 Å². The summed E-state index contributed by atoms with van der Waals surface area (Å²) in [6, 6.07) is 2.87. The van der Waals surface area contributed by atoms with Gasteiger partial charge in [0.15, 0.2) is 0 Å². The average molecular weight is 262 g/mol. The molecule has 1 heterocycles. The number of aliphatic carboxylic acids is 1. The van der Waals surface area contributed by atoms with Gasteiger partial charge in [-0.3, -0.25) is 0 Å². The fourth-order valence-electron chi connectivity index (χ4n) is 1.59. The van der Waals surface area contributed by atoms with Crippen LogP contribution in [0.15, 0.2) is 23.8 Å². The second-order valence-electron chi connectivity index (χ2n) is 3.63. The van der Waals surface area contributed by atoms with E-state index in [9.17, 15) is 22.4 Å². The number of halogens is 4. The van der Waals surface area contributed by atoms with Gasteiger partial charge in [-0.2, -0.15) is 13.2 Å². The first kappa shape index (κ1) is 12.4. The van der Waals surface area contributed by atoms with Crippen molar-refractivity contribution in [2.24, 2.45) is 0 Å². The summed E-state index contributed by atoms with van der Waals surface area (Å²) >= 11 is 0. The van der Waals surface area contributed by atoms with Crippen molar-refractivity contribution < 1.29 is 32.2 Å². The topological polar surface area (TPSA) is 46.5 Å². The summed E-state index contributed by atoms with van der Waals surface area (Å²) in [5.41, 5.74) is -1.01. The van der Waals surface area contributed by atoms with Gasteiger partial charge in [-0.15, -0.1) is 0 Å². The lowest BCUT2D eigenvalue weighted by atomic mass is 10.0. The first-order valence-corrected chi connectivity index (χ1v) is 4.77. The van der Waals surface area contributed by atoms with Gasteiger partial charge >= 0.3 is 12.1 Å². The van der Waals surface area contributed by atoms with E-state index in [1.54, 1.807) is 0 Å². The van der Waals surface area contributed by atoms with Crippen LogP contribution in [-0.2, 0) is 4.79 Å². The Morgan fingerprint density at radius 2 is 2.00 bits per heavy atom. The van der Waals surface area contributed by atoms with Crippen molar-refractivity contribution in [3.63, 3.8) is 0 Å². The Balaban J connectivity index is 2.53. The Hall–Kier alpha value is -2.05. The van der Waals surface area contributed by atoms with Crippen LogP contribution in [0.5, 0.6) is 5.75 Å². The molecule has 7 heteroatoms. The van der Waals surface area contributed by atoms with Crippen molar-refractivity contribution in [2.45, 2.75) is 12.3 Å². The molecule has 2 rings (SSSR count). The summed E-state index contributed by atoms with van der Waals surface area (Å²) in [7, 11) is 0. The molecule has 0 aliphatic carbocycles. The van der Waals surface area contributed by atoms with Gasteiger partial charge in [0.05, 0.1) is 5.57 Å². The van der Waals surface area contributed by atoms with Crippen LogP contribution in [0.2, 0.25) is 0 Å². The third-order valence-electron chi connectivity index (χ3n) is 2.35. The Morgan fingerprint density at radius 1 is 1.33 bits per heavy atom. The van der Waals surface area contributed by atoms with E-state index in [1.807, 2.05) is 0 Å². The summed E-state index contributed by atoms with van der Waals surface area (Å²) in [6.45, 7) is 0. The molecular weight excluding hydrogens is 256 g/mol. The molecule has 0 unspecified atom stereocenters. The van der Waals surface area contributed by atoms with Crippen LogP contribution in [0.4, 0.5) is 17.6 Å². The summed E-state index contributed by atoms with van der Waals surface area (Å²) in [6.07, 6.45) is -6.63. The molecule has 0 aromatic heterocycles. The minimum absolute atomic E-state index is 0.0344. The highest BCUT2D eigenvalue weighted by atomic mass is 19.4. The molecule has 1 atom stereocenters. The van der Waals surface area contributed by atoms with Crippen molar-refractivity contribution >= 4 is 12.0 Å². The molecular formula is C11H6F4O3. The first-order chi connectivity index (χ1) is 8.29. The van der Waals surface area contributed by atoms with E-state index in [0.29, 0.717) is 0 Å². The van der Waals surface area contributed by atoms with Crippen LogP contribution in [0.3, 0.4) is 0 Å². The smallest absolute Gasteiger partial charge is 0.430 e. The Bertz CT molecular complexity index is 534. The largest absolute Gasteiger partial charge is 0.478 e. The molecule has 0 amide bonds. The summed E-state index contributed by atoms with van der Waals surface area (Å²) in [5, 5.41) is 8.72. The second-order valence-corrected chi connectivity index (χ2v) is 3.63. The molecule has 0 fully saturated rings. The van der Waals surface area contributed by atoms with E-state index in [2.05, 4.69) is 4.74 Å². The van der Waals surface area contributed by atoms with Gasteiger partial charge in [-0.05, 0) is 24.3 Å². The Kier molecular flexibility index (Phi) is 2.76. The van der Waals surface area contributed by atoms with E-state index >= 15 is 0 Å². The van der Waals surface area contributed by atoms with Crippen LogP contribution in [-0.4, -0.2) is 23.4 Å². The number of ether oxygens (including phenoxy) is 1. The summed E-state index contributed by atoms with van der Waals surface area (Å²) in [5.74, 6) is -2.65. The molecule has 1 N–H and O–H groups in total. The number of hydrogen-bond donors (Lipinski definition) is 1. The number of carboxylic acids is 1. The Morgan fingerprint density at radius 3 is 2.56 bits per heavy atom. The number of carbonyl (C=O) groups is 1. The van der Waals surface area contributed by atoms with Gasteiger partial charge in [-0.1, -0.05) is 0 Å². The number of fused-ring (bicyclic) bond motifs is 1. The molecule has 96 valence electrons. The van der Waals surface area contributed by atoms with E-state index < -0.39 is 29.6 Å². The predicted octanol–water partition coefficient (Wildman–Crippen LogP) is 2.62. The second kappa shape index (κ2) is 4.01. The lowest BCUT2D eigenvalue weighted by molar-refractivity contribution is -0.187. The molecule has 3 nitrogen and oxygen atoms in total. The fraction of sp³-hybridized carbons (Fsp3) is 0.182. The first-order valence-electron chi connectivity index (χ1n) is 4.77. The third kappa shape index (κ3) is 2.15. The van der Waals surface area contributed by atoms with Crippen molar-refractivity contribution in [2.75, 3.05) is 0 Å². The van der Waals surface area contributed by atoms with E-state index in [-0.39, 0.29) is 11.3 Å². The van der Waals surface area contributed by atoms with Gasteiger partial charge < -0.3 is 9.84 Å². The van der Waals surface area contributed by atoms with Crippen LogP contribution in [0, 0.1) is 5.82 Å². The third-order valence-corrected chi connectivity index (χ3v) is 2.35. The van der Waals surface area contributed by atoms with Crippen LogP contribution in [0.25, 0.3) is 6.08 Å². The highest BCUT2D eigenvalue weighted by Gasteiger charge is 2.48. The van der Waals surface area contributed by atoms with Gasteiger partial charge in [0, 0.05) is 5.56 Å². The molecule has 0 spiro atoms. The number of alkyl halides is 3. The highest BCUT2D eigenvalue weighted by Crippen LogP contribution is 2.37. The predicted molar refractivity (Wildman–Crippen MR) is 52.5 cm³/mol. The van der Waals surface area contributed by atoms with E-state index in [1.165, 1.54) is 0 Å². The molecule has 1 aliphatic heterocycles. The zero-order chi connectivity index (χ0) is 13.5. The SMILES string of the molecule is O=C(O)C1=Cc2cc(F)ccc2O[C@H]1C(F)(F)F. The van der Waals surface area contributed by atoms with Crippen molar-refractivity contribution in [3.05, 3.63) is 35.2 Å². The normalized spacial score (nSPS) is 18.7. The van der Waals surface area contributed by atoms with Crippen LogP contribution in [0.1, 0.15) is 5.56 Å². The number of hydrogen-bond acceptors (Lipinski definition) is 2. The maximum Gasteiger partial charge on any atom is 0.430 e.